The van der Waals surface area contributed by atoms with E-state index in [-0.39, 0.29) is 24.1 Å². The first-order valence-corrected chi connectivity index (χ1v) is 5.32. The molecule has 1 aromatic carbocycles. The van der Waals surface area contributed by atoms with Gasteiger partial charge in [0.1, 0.15) is 5.75 Å². The first kappa shape index (κ1) is 14.0. The zero-order valence-corrected chi connectivity index (χ0v) is 9.85. The van der Waals surface area contributed by atoms with E-state index in [1.807, 2.05) is 0 Å². The summed E-state index contributed by atoms with van der Waals surface area (Å²) in [6.07, 6.45) is -5.06. The van der Waals surface area contributed by atoms with Gasteiger partial charge in [0.15, 0.2) is 0 Å². The van der Waals surface area contributed by atoms with E-state index in [1.54, 1.807) is 0 Å². The molecule has 1 aromatic heterocycles. The number of halogens is 3. The molecule has 2 N–H and O–H groups in total. The topological polar surface area (TPSA) is 91.2 Å². The Hall–Kier alpha value is -2.42. The molecule has 1 heterocycles. The van der Waals surface area contributed by atoms with Gasteiger partial charge in [-0.05, 0) is 18.2 Å². The lowest BCUT2D eigenvalue weighted by Gasteiger charge is -2.07. The standard InChI is InChI=1S/C11H8F3N3O3/c12-11(13,14)10(18)19-7-3-1-2-6(4-7)9-17-16-8(5-15)20-9/h1-4H,5,15H2. The highest BCUT2D eigenvalue weighted by Gasteiger charge is 2.41. The quantitative estimate of drug-likeness (QED) is 0.682. The van der Waals surface area contributed by atoms with Crippen molar-refractivity contribution in [2.24, 2.45) is 5.73 Å². The summed E-state index contributed by atoms with van der Waals surface area (Å²) in [5.74, 6) is -2.34. The SMILES string of the molecule is NCc1nnc(-c2cccc(OC(=O)C(F)(F)F)c2)o1. The zero-order valence-electron chi connectivity index (χ0n) is 9.85. The molecule has 20 heavy (non-hydrogen) atoms. The summed E-state index contributed by atoms with van der Waals surface area (Å²) in [7, 11) is 0. The fourth-order valence-electron chi connectivity index (χ4n) is 1.31. The van der Waals surface area contributed by atoms with Gasteiger partial charge >= 0.3 is 12.1 Å². The van der Waals surface area contributed by atoms with Crippen LogP contribution in [0.2, 0.25) is 0 Å². The second kappa shape index (κ2) is 5.29. The summed E-state index contributed by atoms with van der Waals surface area (Å²) >= 11 is 0. The van der Waals surface area contributed by atoms with Crippen molar-refractivity contribution in [2.75, 3.05) is 0 Å². The summed E-state index contributed by atoms with van der Waals surface area (Å²) in [5, 5.41) is 7.28. The highest BCUT2D eigenvalue weighted by atomic mass is 19.4. The van der Waals surface area contributed by atoms with Crippen molar-refractivity contribution in [3.8, 4) is 17.2 Å². The first-order chi connectivity index (χ1) is 9.40. The van der Waals surface area contributed by atoms with Gasteiger partial charge < -0.3 is 14.9 Å². The van der Waals surface area contributed by atoms with E-state index in [0.29, 0.717) is 5.56 Å². The molecule has 0 saturated carbocycles. The summed E-state index contributed by atoms with van der Waals surface area (Å²) in [6, 6.07) is 5.28. The molecule has 0 saturated heterocycles. The van der Waals surface area contributed by atoms with Crippen molar-refractivity contribution in [2.45, 2.75) is 12.7 Å². The lowest BCUT2D eigenvalue weighted by Crippen LogP contribution is -2.27. The number of hydrogen-bond donors (Lipinski definition) is 1. The molecule has 0 aliphatic rings. The summed E-state index contributed by atoms with van der Waals surface area (Å²) in [6.45, 7) is 0.0375. The van der Waals surface area contributed by atoms with Crippen LogP contribution in [0.4, 0.5) is 13.2 Å². The lowest BCUT2D eigenvalue weighted by molar-refractivity contribution is -0.189. The van der Waals surface area contributed by atoms with Crippen LogP contribution < -0.4 is 10.5 Å². The molecule has 0 fully saturated rings. The fraction of sp³-hybridized carbons (Fsp3) is 0.182. The number of carbonyl (C=O) groups excluding carboxylic acids is 1. The number of ether oxygens (including phenoxy) is 1. The molecule has 9 heteroatoms. The Morgan fingerprint density at radius 2 is 2.10 bits per heavy atom. The van der Waals surface area contributed by atoms with Crippen molar-refractivity contribution in [3.05, 3.63) is 30.2 Å². The minimum absolute atomic E-state index is 0.0375. The van der Waals surface area contributed by atoms with E-state index in [4.69, 9.17) is 10.2 Å². The van der Waals surface area contributed by atoms with Gasteiger partial charge in [0, 0.05) is 5.56 Å². The van der Waals surface area contributed by atoms with Crippen molar-refractivity contribution < 1.29 is 27.1 Å². The van der Waals surface area contributed by atoms with Gasteiger partial charge in [-0.15, -0.1) is 10.2 Å². The zero-order chi connectivity index (χ0) is 14.8. The molecule has 106 valence electrons. The number of benzene rings is 1. The van der Waals surface area contributed by atoms with Crippen LogP contribution in [0.5, 0.6) is 5.75 Å². The number of hydrogen-bond acceptors (Lipinski definition) is 6. The predicted molar refractivity (Wildman–Crippen MR) is 59.3 cm³/mol. The van der Waals surface area contributed by atoms with Crippen LogP contribution in [0.3, 0.4) is 0 Å². The molecule has 0 aliphatic heterocycles. The Labute approximate surface area is 110 Å². The largest absolute Gasteiger partial charge is 0.491 e. The van der Waals surface area contributed by atoms with Crippen molar-refractivity contribution in [1.82, 2.24) is 10.2 Å². The van der Waals surface area contributed by atoms with E-state index >= 15 is 0 Å². The van der Waals surface area contributed by atoms with Crippen LogP contribution in [-0.2, 0) is 11.3 Å². The minimum Gasteiger partial charge on any atom is -0.420 e. The van der Waals surface area contributed by atoms with Gasteiger partial charge in [0.2, 0.25) is 11.8 Å². The van der Waals surface area contributed by atoms with Crippen LogP contribution in [0.15, 0.2) is 28.7 Å². The molecule has 0 unspecified atom stereocenters. The average molecular weight is 287 g/mol. The number of esters is 1. The van der Waals surface area contributed by atoms with Crippen LogP contribution >= 0.6 is 0 Å². The number of nitrogens with two attached hydrogens (primary N) is 1. The van der Waals surface area contributed by atoms with Crippen molar-refractivity contribution in [1.29, 1.82) is 0 Å². The summed E-state index contributed by atoms with van der Waals surface area (Å²) in [4.78, 5) is 10.7. The molecular weight excluding hydrogens is 279 g/mol. The molecule has 0 aliphatic carbocycles. The fourth-order valence-corrected chi connectivity index (χ4v) is 1.31. The normalized spacial score (nSPS) is 11.4. The number of aromatic nitrogens is 2. The van der Waals surface area contributed by atoms with E-state index < -0.39 is 12.1 Å². The second-order valence-electron chi connectivity index (χ2n) is 3.62. The Morgan fingerprint density at radius 1 is 1.35 bits per heavy atom. The second-order valence-corrected chi connectivity index (χ2v) is 3.62. The van der Waals surface area contributed by atoms with Gasteiger partial charge in [0.25, 0.3) is 0 Å². The molecule has 0 radical (unpaired) electrons. The molecule has 0 amide bonds. The number of alkyl halides is 3. The van der Waals surface area contributed by atoms with E-state index in [1.165, 1.54) is 24.3 Å². The van der Waals surface area contributed by atoms with Crippen molar-refractivity contribution >= 4 is 5.97 Å². The predicted octanol–water partition coefficient (Wildman–Crippen LogP) is 1.66. The number of nitrogens with zero attached hydrogens (tertiary/aromatic N) is 2. The first-order valence-electron chi connectivity index (χ1n) is 5.32. The van der Waals surface area contributed by atoms with Crippen LogP contribution in [-0.4, -0.2) is 22.3 Å². The van der Waals surface area contributed by atoms with E-state index in [0.717, 1.165) is 0 Å². The molecule has 0 spiro atoms. The van der Waals surface area contributed by atoms with Crippen LogP contribution in [0.25, 0.3) is 11.5 Å². The molecule has 2 rings (SSSR count). The van der Waals surface area contributed by atoms with Crippen LogP contribution in [0, 0.1) is 0 Å². The number of carbonyl (C=O) groups is 1. The maximum absolute atomic E-state index is 12.1. The Morgan fingerprint density at radius 3 is 2.70 bits per heavy atom. The average Bonchev–Trinajstić information content (AvgIpc) is 2.86. The minimum atomic E-state index is -5.06. The van der Waals surface area contributed by atoms with E-state index in [2.05, 4.69) is 14.9 Å². The third-order valence-electron chi connectivity index (χ3n) is 2.16. The van der Waals surface area contributed by atoms with Gasteiger partial charge in [-0.2, -0.15) is 13.2 Å². The highest BCUT2D eigenvalue weighted by Crippen LogP contribution is 2.25. The molecule has 0 atom stereocenters. The number of rotatable bonds is 3. The monoisotopic (exact) mass is 287 g/mol. The van der Waals surface area contributed by atoms with Gasteiger partial charge in [0.05, 0.1) is 6.54 Å². The maximum Gasteiger partial charge on any atom is 0.491 e. The molecule has 6 nitrogen and oxygen atoms in total. The maximum atomic E-state index is 12.1. The molecular formula is C11H8F3N3O3. The summed E-state index contributed by atoms with van der Waals surface area (Å²) < 4.78 is 45.6. The third kappa shape index (κ3) is 3.12. The smallest absolute Gasteiger partial charge is 0.420 e. The van der Waals surface area contributed by atoms with Crippen LogP contribution in [0.1, 0.15) is 5.89 Å². The van der Waals surface area contributed by atoms with E-state index in [9.17, 15) is 18.0 Å². The third-order valence-corrected chi connectivity index (χ3v) is 2.16. The molecule has 0 bridgehead atoms. The van der Waals surface area contributed by atoms with Gasteiger partial charge in [-0.25, -0.2) is 4.79 Å². The Bertz CT molecular complexity index is 625. The van der Waals surface area contributed by atoms with Gasteiger partial charge in [-0.1, -0.05) is 6.07 Å². The van der Waals surface area contributed by atoms with Crippen molar-refractivity contribution in [3.63, 3.8) is 0 Å². The Balaban J connectivity index is 2.22. The molecule has 2 aromatic rings. The Kier molecular flexibility index (Phi) is 3.70. The lowest BCUT2D eigenvalue weighted by atomic mass is 10.2. The summed E-state index contributed by atoms with van der Waals surface area (Å²) in [5.41, 5.74) is 5.60. The highest BCUT2D eigenvalue weighted by molar-refractivity contribution is 5.78. The van der Waals surface area contributed by atoms with Gasteiger partial charge in [-0.3, -0.25) is 0 Å².